The zero-order chi connectivity index (χ0) is 20.4. The maximum absolute atomic E-state index is 12.4. The first-order valence-corrected chi connectivity index (χ1v) is 11.3. The number of allylic oxidation sites excluding steroid dienone is 1. The van der Waals surface area contributed by atoms with Crippen LogP contribution >= 0.6 is 11.3 Å². The van der Waals surface area contributed by atoms with E-state index in [9.17, 15) is 13.2 Å². The van der Waals surface area contributed by atoms with E-state index in [1.807, 2.05) is 16.7 Å². The molecule has 0 aliphatic carbocycles. The molecule has 1 amide bonds. The standard InChI is InChI=1S/C20H18N2O5S2/c1-2-9-22-15-11-16-17(27-13-26-16)12-18(15)28-20(22)21-19(23)8-10-29(24,25)14-6-4-3-5-7-14/h2-7,11-12H,1,8-10,13H2. The van der Waals surface area contributed by atoms with Crippen LogP contribution in [0.25, 0.3) is 10.2 Å². The van der Waals surface area contributed by atoms with Crippen molar-refractivity contribution in [2.75, 3.05) is 12.5 Å². The number of amides is 1. The quantitative estimate of drug-likeness (QED) is 0.561. The smallest absolute Gasteiger partial charge is 0.249 e. The average Bonchev–Trinajstić information content (AvgIpc) is 3.30. The molecule has 0 bridgehead atoms. The molecule has 0 N–H and O–H groups in total. The number of nitrogens with zero attached hydrogens (tertiary/aromatic N) is 2. The van der Waals surface area contributed by atoms with Crippen LogP contribution in [-0.2, 0) is 21.2 Å². The summed E-state index contributed by atoms with van der Waals surface area (Å²) >= 11 is 1.33. The van der Waals surface area contributed by atoms with Gasteiger partial charge in [-0.1, -0.05) is 35.6 Å². The van der Waals surface area contributed by atoms with Crippen molar-refractivity contribution in [2.24, 2.45) is 4.99 Å². The molecule has 1 aliphatic rings. The zero-order valence-corrected chi connectivity index (χ0v) is 17.0. The highest BCUT2D eigenvalue weighted by atomic mass is 32.2. The Hall–Kier alpha value is -2.91. The van der Waals surface area contributed by atoms with E-state index in [1.165, 1.54) is 23.5 Å². The van der Waals surface area contributed by atoms with Crippen molar-refractivity contribution in [1.29, 1.82) is 0 Å². The Kier molecular flexibility index (Phi) is 5.25. The molecule has 1 aromatic heterocycles. The monoisotopic (exact) mass is 430 g/mol. The lowest BCUT2D eigenvalue weighted by Crippen LogP contribution is -2.17. The number of carbonyl (C=O) groups is 1. The Balaban J connectivity index is 1.62. The lowest BCUT2D eigenvalue weighted by atomic mass is 10.3. The molecule has 1 aliphatic heterocycles. The topological polar surface area (TPSA) is 87.0 Å². The van der Waals surface area contributed by atoms with E-state index in [0.29, 0.717) is 22.8 Å². The fourth-order valence-corrected chi connectivity index (χ4v) is 5.30. The van der Waals surface area contributed by atoms with E-state index in [-0.39, 0.29) is 23.9 Å². The number of hydrogen-bond donors (Lipinski definition) is 0. The Morgan fingerprint density at radius 3 is 2.66 bits per heavy atom. The summed E-state index contributed by atoms with van der Waals surface area (Å²) in [5.41, 5.74) is 0.850. The van der Waals surface area contributed by atoms with E-state index in [4.69, 9.17) is 9.47 Å². The van der Waals surface area contributed by atoms with Gasteiger partial charge in [-0.2, -0.15) is 4.99 Å². The third-order valence-electron chi connectivity index (χ3n) is 4.40. The summed E-state index contributed by atoms with van der Waals surface area (Å²) in [6.45, 7) is 4.39. The molecule has 3 aromatic rings. The van der Waals surface area contributed by atoms with E-state index in [2.05, 4.69) is 11.6 Å². The lowest BCUT2D eigenvalue weighted by Gasteiger charge is -2.03. The van der Waals surface area contributed by atoms with Crippen molar-refractivity contribution in [1.82, 2.24) is 4.57 Å². The van der Waals surface area contributed by atoms with Crippen LogP contribution in [0, 0.1) is 0 Å². The number of ether oxygens (including phenoxy) is 2. The Labute approximate surface area is 171 Å². The molecule has 0 atom stereocenters. The number of thiazole rings is 1. The molecule has 0 radical (unpaired) electrons. The van der Waals surface area contributed by atoms with E-state index in [0.717, 1.165) is 10.2 Å². The van der Waals surface area contributed by atoms with Gasteiger partial charge < -0.3 is 14.0 Å². The van der Waals surface area contributed by atoms with Crippen molar-refractivity contribution in [3.05, 3.63) is 59.9 Å². The first kappa shape index (κ1) is 19.4. The molecule has 0 spiro atoms. The van der Waals surface area contributed by atoms with E-state index >= 15 is 0 Å². The van der Waals surface area contributed by atoms with Crippen LogP contribution in [0.2, 0.25) is 0 Å². The van der Waals surface area contributed by atoms with Gasteiger partial charge in [-0.15, -0.1) is 6.58 Å². The van der Waals surface area contributed by atoms with Gasteiger partial charge in [-0.05, 0) is 12.1 Å². The maximum atomic E-state index is 12.4. The third-order valence-corrected chi connectivity index (χ3v) is 7.17. The van der Waals surface area contributed by atoms with Crippen LogP contribution in [0.4, 0.5) is 0 Å². The van der Waals surface area contributed by atoms with Crippen molar-refractivity contribution >= 4 is 37.3 Å². The summed E-state index contributed by atoms with van der Waals surface area (Å²) in [6.07, 6.45) is 1.52. The van der Waals surface area contributed by atoms with Crippen LogP contribution in [0.1, 0.15) is 6.42 Å². The van der Waals surface area contributed by atoms with Gasteiger partial charge >= 0.3 is 0 Å². The molecule has 150 valence electrons. The van der Waals surface area contributed by atoms with E-state index in [1.54, 1.807) is 24.3 Å². The highest BCUT2D eigenvalue weighted by Crippen LogP contribution is 2.36. The molecular formula is C20H18N2O5S2. The molecule has 9 heteroatoms. The molecule has 2 heterocycles. The second kappa shape index (κ2) is 7.84. The highest BCUT2D eigenvalue weighted by molar-refractivity contribution is 7.91. The van der Waals surface area contributed by atoms with Gasteiger partial charge in [0, 0.05) is 25.1 Å². The minimum atomic E-state index is -3.53. The van der Waals surface area contributed by atoms with E-state index < -0.39 is 15.7 Å². The molecule has 0 saturated heterocycles. The fourth-order valence-electron chi connectivity index (χ4n) is 2.98. The van der Waals surface area contributed by atoms with Crippen molar-refractivity contribution in [2.45, 2.75) is 17.9 Å². The molecule has 7 nitrogen and oxygen atoms in total. The lowest BCUT2D eigenvalue weighted by molar-refractivity contribution is -0.117. The summed E-state index contributed by atoms with van der Waals surface area (Å²) in [5.74, 6) is 0.506. The van der Waals surface area contributed by atoms with Gasteiger partial charge in [-0.3, -0.25) is 4.79 Å². The van der Waals surface area contributed by atoms with Crippen LogP contribution in [0.5, 0.6) is 11.5 Å². The number of sulfone groups is 1. The SMILES string of the molecule is C=CCn1c(=NC(=O)CCS(=O)(=O)c2ccccc2)sc2cc3c(cc21)OCO3. The maximum Gasteiger partial charge on any atom is 0.249 e. The summed E-state index contributed by atoms with van der Waals surface area (Å²) < 4.78 is 38.3. The van der Waals surface area contributed by atoms with Gasteiger partial charge in [0.15, 0.2) is 26.1 Å². The minimum absolute atomic E-state index is 0.180. The van der Waals surface area contributed by atoms with Crippen molar-refractivity contribution in [3.63, 3.8) is 0 Å². The fraction of sp³-hybridized carbons (Fsp3) is 0.200. The Morgan fingerprint density at radius 1 is 1.21 bits per heavy atom. The largest absolute Gasteiger partial charge is 0.454 e. The molecule has 0 saturated carbocycles. The first-order chi connectivity index (χ1) is 14.0. The number of rotatable bonds is 6. The molecule has 2 aromatic carbocycles. The number of benzene rings is 2. The van der Waals surface area contributed by atoms with Crippen LogP contribution in [0.3, 0.4) is 0 Å². The summed E-state index contributed by atoms with van der Waals surface area (Å²) in [6, 6.07) is 11.8. The molecular weight excluding hydrogens is 412 g/mol. The van der Waals surface area contributed by atoms with Gasteiger partial charge in [0.25, 0.3) is 0 Å². The minimum Gasteiger partial charge on any atom is -0.454 e. The molecule has 0 fully saturated rings. The summed E-state index contributed by atoms with van der Waals surface area (Å²) in [7, 11) is -3.53. The number of hydrogen-bond acceptors (Lipinski definition) is 6. The Morgan fingerprint density at radius 2 is 1.93 bits per heavy atom. The van der Waals surface area contributed by atoms with Gasteiger partial charge in [0.05, 0.1) is 20.9 Å². The van der Waals surface area contributed by atoms with Crippen LogP contribution < -0.4 is 14.3 Å². The number of aromatic nitrogens is 1. The molecule has 0 unspecified atom stereocenters. The highest BCUT2D eigenvalue weighted by Gasteiger charge is 2.19. The van der Waals surface area contributed by atoms with Gasteiger partial charge in [0.1, 0.15) is 0 Å². The molecule has 4 rings (SSSR count). The van der Waals surface area contributed by atoms with Crippen LogP contribution in [-0.4, -0.2) is 31.4 Å². The van der Waals surface area contributed by atoms with Gasteiger partial charge in [-0.25, -0.2) is 8.42 Å². The molecule has 29 heavy (non-hydrogen) atoms. The zero-order valence-electron chi connectivity index (χ0n) is 15.4. The second-order valence-corrected chi connectivity index (χ2v) is 9.46. The predicted molar refractivity (Wildman–Crippen MR) is 110 cm³/mol. The van der Waals surface area contributed by atoms with Gasteiger partial charge in [0.2, 0.25) is 12.7 Å². The predicted octanol–water partition coefficient (Wildman–Crippen LogP) is 2.91. The first-order valence-electron chi connectivity index (χ1n) is 8.87. The Bertz CT molecular complexity index is 1260. The van der Waals surface area contributed by atoms with Crippen molar-refractivity contribution < 1.29 is 22.7 Å². The second-order valence-electron chi connectivity index (χ2n) is 6.34. The number of fused-ring (bicyclic) bond motifs is 2. The normalized spacial score (nSPS) is 13.7. The summed E-state index contributed by atoms with van der Waals surface area (Å²) in [4.78, 5) is 17.3. The average molecular weight is 431 g/mol. The van der Waals surface area contributed by atoms with Crippen LogP contribution in [0.15, 0.2) is 65.0 Å². The van der Waals surface area contributed by atoms with Crippen molar-refractivity contribution in [3.8, 4) is 11.5 Å². The number of carbonyl (C=O) groups excluding carboxylic acids is 1. The third kappa shape index (κ3) is 3.96. The summed E-state index contributed by atoms with van der Waals surface area (Å²) in [5, 5.41) is 0.